The van der Waals surface area contributed by atoms with Crippen molar-refractivity contribution < 1.29 is 23.5 Å². The molecule has 1 fully saturated rings. The number of carbonyl (C=O) groups excluding carboxylic acids is 2. The molecule has 0 saturated carbocycles. The van der Waals surface area contributed by atoms with E-state index in [2.05, 4.69) is 13.8 Å². The van der Waals surface area contributed by atoms with E-state index in [1.54, 1.807) is 30.3 Å². The lowest BCUT2D eigenvalue weighted by Gasteiger charge is -2.37. The maximum Gasteiger partial charge on any atom is 0.282 e. The molecular weight excluding hydrogens is 423 g/mol. The molecule has 2 unspecified atom stereocenters. The quantitative estimate of drug-likeness (QED) is 0.613. The van der Waals surface area contributed by atoms with Crippen LogP contribution in [0.4, 0.5) is 10.1 Å². The fraction of sp³-hybridized carbons (Fsp3) is 0.385. The predicted octanol–water partition coefficient (Wildman–Crippen LogP) is 4.25. The largest absolute Gasteiger partial charge is 0.493 e. The van der Waals surface area contributed by atoms with Crippen LogP contribution in [0, 0.1) is 11.7 Å². The number of rotatable bonds is 6. The van der Waals surface area contributed by atoms with Crippen LogP contribution in [0.15, 0.2) is 54.2 Å². The number of amides is 2. The van der Waals surface area contributed by atoms with Crippen LogP contribution in [0.5, 0.6) is 5.75 Å². The Hall–Kier alpha value is -3.19. The van der Waals surface area contributed by atoms with Crippen LogP contribution in [0.2, 0.25) is 0 Å². The van der Waals surface area contributed by atoms with E-state index in [1.165, 1.54) is 18.2 Å². The van der Waals surface area contributed by atoms with Crippen molar-refractivity contribution in [2.24, 2.45) is 5.92 Å². The second-order valence-corrected chi connectivity index (χ2v) is 9.01. The Balaban J connectivity index is 1.76. The third kappa shape index (κ3) is 4.64. The molecule has 1 saturated heterocycles. The Labute approximate surface area is 193 Å². The zero-order valence-corrected chi connectivity index (χ0v) is 19.4. The molecule has 0 radical (unpaired) electrons. The summed E-state index contributed by atoms with van der Waals surface area (Å²) in [7, 11) is 0. The van der Waals surface area contributed by atoms with Gasteiger partial charge in [0.2, 0.25) is 0 Å². The van der Waals surface area contributed by atoms with E-state index >= 15 is 0 Å². The van der Waals surface area contributed by atoms with Crippen LogP contribution < -0.4 is 9.64 Å². The number of benzene rings is 2. The highest BCUT2D eigenvalue weighted by Gasteiger charge is 2.44. The van der Waals surface area contributed by atoms with Gasteiger partial charge in [0, 0.05) is 13.1 Å². The van der Waals surface area contributed by atoms with Gasteiger partial charge in [-0.25, -0.2) is 9.29 Å². The normalized spacial score (nSPS) is 21.4. The minimum atomic E-state index is -0.624. The lowest BCUT2D eigenvalue weighted by Crippen LogP contribution is -2.47. The van der Waals surface area contributed by atoms with E-state index in [9.17, 15) is 14.0 Å². The van der Waals surface area contributed by atoms with Crippen LogP contribution in [-0.2, 0) is 14.3 Å². The lowest BCUT2D eigenvalue weighted by molar-refractivity contribution is -0.121. The summed E-state index contributed by atoms with van der Waals surface area (Å²) in [6.07, 6.45) is -0.223. The van der Waals surface area contributed by atoms with E-state index in [-0.39, 0.29) is 29.2 Å². The molecule has 6 nitrogen and oxygen atoms in total. The first-order valence-electron chi connectivity index (χ1n) is 11.3. The van der Waals surface area contributed by atoms with Crippen molar-refractivity contribution in [3.05, 3.63) is 65.6 Å². The number of para-hydroxylation sites is 1. The van der Waals surface area contributed by atoms with Gasteiger partial charge in [-0.2, -0.15) is 0 Å². The van der Waals surface area contributed by atoms with Gasteiger partial charge in [-0.1, -0.05) is 38.1 Å². The highest BCUT2D eigenvalue weighted by atomic mass is 19.1. The third-order valence-corrected chi connectivity index (χ3v) is 5.61. The van der Waals surface area contributed by atoms with Gasteiger partial charge in [0.05, 0.1) is 30.1 Å². The molecule has 0 bridgehead atoms. The second kappa shape index (κ2) is 9.35. The van der Waals surface area contributed by atoms with Gasteiger partial charge < -0.3 is 14.4 Å². The fourth-order valence-electron chi connectivity index (χ4n) is 4.26. The van der Waals surface area contributed by atoms with E-state index in [4.69, 9.17) is 9.47 Å². The van der Waals surface area contributed by atoms with E-state index < -0.39 is 17.6 Å². The number of hydrogen-bond acceptors (Lipinski definition) is 5. The van der Waals surface area contributed by atoms with Crippen molar-refractivity contribution in [2.75, 3.05) is 24.6 Å². The molecule has 2 aromatic rings. The molecule has 2 heterocycles. The number of nitrogens with zero attached hydrogens (tertiary/aromatic N) is 2. The van der Waals surface area contributed by atoms with Gasteiger partial charge in [0.25, 0.3) is 11.8 Å². The summed E-state index contributed by atoms with van der Waals surface area (Å²) in [6.45, 7) is 9.49. The molecule has 33 heavy (non-hydrogen) atoms. The molecular formula is C26H29FN2O4. The van der Waals surface area contributed by atoms with Gasteiger partial charge in [0.1, 0.15) is 17.3 Å². The number of anilines is 1. The first-order valence-corrected chi connectivity index (χ1v) is 11.3. The molecule has 7 heteroatoms. The number of imide groups is 1. The van der Waals surface area contributed by atoms with Crippen molar-refractivity contribution in [3.63, 3.8) is 0 Å². The SMILES string of the molecule is CC(C)COc1ccc(C2=C(N3CC(C)OC(C)C3)C(=O)N(c3ccccc3F)C2=O)cc1. The molecule has 0 N–H and O–H groups in total. The lowest BCUT2D eigenvalue weighted by atomic mass is 10.0. The molecule has 2 atom stereocenters. The van der Waals surface area contributed by atoms with Crippen LogP contribution in [0.3, 0.4) is 0 Å². The van der Waals surface area contributed by atoms with Gasteiger partial charge in [0.15, 0.2) is 0 Å². The van der Waals surface area contributed by atoms with Crippen molar-refractivity contribution in [2.45, 2.75) is 39.9 Å². The fourth-order valence-corrected chi connectivity index (χ4v) is 4.26. The number of halogens is 1. The maximum absolute atomic E-state index is 14.6. The van der Waals surface area contributed by atoms with Crippen LogP contribution in [-0.4, -0.2) is 48.6 Å². The summed E-state index contributed by atoms with van der Waals surface area (Å²) in [6, 6.07) is 12.9. The Morgan fingerprint density at radius 2 is 1.64 bits per heavy atom. The number of morpholine rings is 1. The summed E-state index contributed by atoms with van der Waals surface area (Å²) in [5.41, 5.74) is 1.08. The van der Waals surface area contributed by atoms with E-state index in [1.807, 2.05) is 18.7 Å². The Morgan fingerprint density at radius 1 is 1.00 bits per heavy atom. The molecule has 2 aliphatic rings. The number of carbonyl (C=O) groups is 2. The average Bonchev–Trinajstić information content (AvgIpc) is 3.02. The summed E-state index contributed by atoms with van der Waals surface area (Å²) in [4.78, 5) is 30.0. The first-order chi connectivity index (χ1) is 15.8. The topological polar surface area (TPSA) is 59.1 Å². The Kier molecular flexibility index (Phi) is 6.51. The number of hydrogen-bond donors (Lipinski definition) is 0. The van der Waals surface area contributed by atoms with Crippen LogP contribution >= 0.6 is 0 Å². The van der Waals surface area contributed by atoms with Crippen molar-refractivity contribution >= 4 is 23.1 Å². The highest BCUT2D eigenvalue weighted by molar-refractivity contribution is 6.45. The first kappa shape index (κ1) is 23.0. The molecule has 174 valence electrons. The number of ether oxygens (including phenoxy) is 2. The molecule has 0 spiro atoms. The standard InChI is InChI=1S/C26H29FN2O4/c1-16(2)15-32-20-11-9-19(10-12-20)23-24(28-13-17(3)33-18(4)14-28)26(31)29(25(23)30)22-8-6-5-7-21(22)27/h5-12,16-18H,13-15H2,1-4H3. The van der Waals surface area contributed by atoms with Crippen LogP contribution in [0.25, 0.3) is 5.57 Å². The summed E-state index contributed by atoms with van der Waals surface area (Å²) in [5.74, 6) is -0.621. The molecule has 2 aromatic carbocycles. The van der Waals surface area contributed by atoms with E-state index in [0.29, 0.717) is 36.9 Å². The summed E-state index contributed by atoms with van der Waals surface area (Å²) in [5, 5.41) is 0. The molecule has 2 aliphatic heterocycles. The van der Waals surface area contributed by atoms with Gasteiger partial charge in [-0.15, -0.1) is 0 Å². The minimum absolute atomic E-state index is 0.0498. The van der Waals surface area contributed by atoms with Crippen molar-refractivity contribution in [1.29, 1.82) is 0 Å². The highest BCUT2D eigenvalue weighted by Crippen LogP contribution is 2.37. The zero-order chi connectivity index (χ0) is 23.7. The van der Waals surface area contributed by atoms with Crippen molar-refractivity contribution in [1.82, 2.24) is 4.90 Å². The Bertz CT molecular complexity index is 1070. The zero-order valence-electron chi connectivity index (χ0n) is 19.4. The predicted molar refractivity (Wildman–Crippen MR) is 124 cm³/mol. The third-order valence-electron chi connectivity index (χ3n) is 5.61. The minimum Gasteiger partial charge on any atom is -0.493 e. The van der Waals surface area contributed by atoms with Crippen molar-refractivity contribution in [3.8, 4) is 5.75 Å². The van der Waals surface area contributed by atoms with E-state index in [0.717, 1.165) is 4.90 Å². The average molecular weight is 453 g/mol. The summed E-state index contributed by atoms with van der Waals surface area (Å²) >= 11 is 0. The monoisotopic (exact) mass is 452 g/mol. The second-order valence-electron chi connectivity index (χ2n) is 9.01. The Morgan fingerprint density at radius 3 is 2.24 bits per heavy atom. The van der Waals surface area contributed by atoms with Gasteiger partial charge >= 0.3 is 0 Å². The van der Waals surface area contributed by atoms with Gasteiger partial charge in [-0.05, 0) is 49.6 Å². The molecule has 4 rings (SSSR count). The molecule has 0 aliphatic carbocycles. The van der Waals surface area contributed by atoms with Gasteiger partial charge in [-0.3, -0.25) is 9.59 Å². The smallest absolute Gasteiger partial charge is 0.282 e. The van der Waals surface area contributed by atoms with Crippen LogP contribution in [0.1, 0.15) is 33.3 Å². The molecule has 0 aromatic heterocycles. The summed E-state index contributed by atoms with van der Waals surface area (Å²) < 4.78 is 26.2. The molecule has 2 amide bonds. The maximum atomic E-state index is 14.6.